The molecule has 18 heavy (non-hydrogen) atoms. The van der Waals surface area contributed by atoms with Gasteiger partial charge < -0.3 is 14.6 Å². The summed E-state index contributed by atoms with van der Waals surface area (Å²) in [5, 5.41) is 4.33. The summed E-state index contributed by atoms with van der Waals surface area (Å²) in [5.41, 5.74) is 0. The van der Waals surface area contributed by atoms with Crippen LogP contribution in [0.5, 0.6) is 0 Å². The Bertz CT molecular complexity index is 492. The predicted molar refractivity (Wildman–Crippen MR) is 75.0 cm³/mol. The third-order valence-corrected chi connectivity index (χ3v) is 3.72. The molecule has 0 saturated heterocycles. The van der Waals surface area contributed by atoms with Crippen LogP contribution in [0.25, 0.3) is 0 Å². The fourth-order valence-corrected chi connectivity index (χ4v) is 2.52. The lowest BCUT2D eigenvalue weighted by Gasteiger charge is -2.13. The Morgan fingerprint density at radius 2 is 2.28 bits per heavy atom. The standard InChI is InChI=1S/C13H19N3OS/c1-4-14-7-12-8-15-13(18-12)16(3)9-11-6-5-10(2)17-11/h5-6,8,14H,4,7,9H2,1-3H3. The van der Waals surface area contributed by atoms with E-state index in [2.05, 4.69) is 22.1 Å². The van der Waals surface area contributed by atoms with Crippen molar-refractivity contribution in [2.45, 2.75) is 26.9 Å². The molecule has 0 unspecified atom stereocenters. The predicted octanol–water partition coefficient (Wildman–Crippen LogP) is 2.79. The van der Waals surface area contributed by atoms with Gasteiger partial charge in [-0.25, -0.2) is 4.98 Å². The molecule has 0 fully saturated rings. The highest BCUT2D eigenvalue weighted by atomic mass is 32.1. The van der Waals surface area contributed by atoms with Gasteiger partial charge in [0.05, 0.1) is 6.54 Å². The Hall–Kier alpha value is -1.33. The zero-order valence-corrected chi connectivity index (χ0v) is 11.9. The van der Waals surface area contributed by atoms with Gasteiger partial charge in [-0.15, -0.1) is 11.3 Å². The normalized spacial score (nSPS) is 10.8. The number of furan rings is 1. The first-order valence-electron chi connectivity index (χ1n) is 6.11. The van der Waals surface area contributed by atoms with Crippen molar-refractivity contribution in [1.82, 2.24) is 10.3 Å². The van der Waals surface area contributed by atoms with Gasteiger partial charge in [-0.1, -0.05) is 6.92 Å². The van der Waals surface area contributed by atoms with Crippen molar-refractivity contribution in [2.24, 2.45) is 0 Å². The first kappa shape index (κ1) is 13.1. The number of anilines is 1. The Morgan fingerprint density at radius 3 is 2.94 bits per heavy atom. The number of aromatic nitrogens is 1. The van der Waals surface area contributed by atoms with E-state index in [9.17, 15) is 0 Å². The maximum atomic E-state index is 5.57. The largest absolute Gasteiger partial charge is 0.464 e. The molecule has 5 heteroatoms. The summed E-state index contributed by atoms with van der Waals surface area (Å²) in [6.45, 7) is 6.69. The molecule has 2 aromatic heterocycles. The molecular formula is C13H19N3OS. The second-order valence-corrected chi connectivity index (χ2v) is 5.35. The number of aryl methyl sites for hydroxylation is 1. The van der Waals surface area contributed by atoms with Crippen LogP contribution < -0.4 is 10.2 Å². The Balaban J connectivity index is 1.96. The molecule has 0 aliphatic carbocycles. The molecule has 0 bridgehead atoms. The second-order valence-electron chi connectivity index (χ2n) is 4.26. The van der Waals surface area contributed by atoms with Crippen molar-refractivity contribution in [3.63, 3.8) is 0 Å². The van der Waals surface area contributed by atoms with Gasteiger partial charge >= 0.3 is 0 Å². The minimum atomic E-state index is 0.752. The summed E-state index contributed by atoms with van der Waals surface area (Å²) in [7, 11) is 2.04. The molecule has 0 aromatic carbocycles. The quantitative estimate of drug-likeness (QED) is 0.872. The molecule has 0 spiro atoms. The van der Waals surface area contributed by atoms with Crippen LogP contribution in [0.15, 0.2) is 22.7 Å². The smallest absolute Gasteiger partial charge is 0.185 e. The van der Waals surface area contributed by atoms with Gasteiger partial charge in [-0.05, 0) is 25.6 Å². The van der Waals surface area contributed by atoms with Crippen molar-refractivity contribution in [1.29, 1.82) is 0 Å². The molecule has 1 N–H and O–H groups in total. The van der Waals surface area contributed by atoms with E-state index in [-0.39, 0.29) is 0 Å². The second kappa shape index (κ2) is 6.02. The molecule has 98 valence electrons. The fraction of sp³-hybridized carbons (Fsp3) is 0.462. The monoisotopic (exact) mass is 265 g/mol. The van der Waals surface area contributed by atoms with Crippen LogP contribution in [0, 0.1) is 6.92 Å². The summed E-state index contributed by atoms with van der Waals surface area (Å²) in [6, 6.07) is 4.00. The van der Waals surface area contributed by atoms with E-state index in [0.29, 0.717) is 0 Å². The minimum Gasteiger partial charge on any atom is -0.464 e. The van der Waals surface area contributed by atoms with E-state index in [0.717, 1.165) is 36.3 Å². The summed E-state index contributed by atoms with van der Waals surface area (Å²) in [4.78, 5) is 7.80. The van der Waals surface area contributed by atoms with Crippen LogP contribution in [-0.2, 0) is 13.1 Å². The number of hydrogen-bond donors (Lipinski definition) is 1. The van der Waals surface area contributed by atoms with Gasteiger partial charge in [0.2, 0.25) is 0 Å². The highest BCUT2D eigenvalue weighted by Gasteiger charge is 2.09. The van der Waals surface area contributed by atoms with Crippen LogP contribution in [0.2, 0.25) is 0 Å². The van der Waals surface area contributed by atoms with Gasteiger partial charge in [-0.2, -0.15) is 0 Å². The van der Waals surface area contributed by atoms with Gasteiger partial charge in [0.1, 0.15) is 11.5 Å². The molecule has 0 amide bonds. The minimum absolute atomic E-state index is 0.752. The number of thiazole rings is 1. The number of rotatable bonds is 6. The van der Waals surface area contributed by atoms with Crippen molar-refractivity contribution in [3.8, 4) is 0 Å². The summed E-state index contributed by atoms with van der Waals surface area (Å²) < 4.78 is 5.57. The molecule has 0 aliphatic rings. The van der Waals surface area contributed by atoms with E-state index in [1.54, 1.807) is 11.3 Å². The molecule has 0 saturated carbocycles. The van der Waals surface area contributed by atoms with Crippen molar-refractivity contribution >= 4 is 16.5 Å². The molecule has 0 atom stereocenters. The first-order chi connectivity index (χ1) is 8.69. The van der Waals surface area contributed by atoms with Crippen LogP contribution in [0.4, 0.5) is 5.13 Å². The Kier molecular flexibility index (Phi) is 4.38. The molecule has 2 rings (SSSR count). The summed E-state index contributed by atoms with van der Waals surface area (Å²) >= 11 is 1.72. The van der Waals surface area contributed by atoms with E-state index in [1.165, 1.54) is 4.88 Å². The maximum absolute atomic E-state index is 5.57. The van der Waals surface area contributed by atoms with Gasteiger partial charge in [-0.3, -0.25) is 0 Å². The third-order valence-electron chi connectivity index (χ3n) is 2.61. The number of nitrogens with zero attached hydrogens (tertiary/aromatic N) is 2. The summed E-state index contributed by atoms with van der Waals surface area (Å²) in [6.07, 6.45) is 1.94. The van der Waals surface area contributed by atoms with Gasteiger partial charge in [0.15, 0.2) is 5.13 Å². The van der Waals surface area contributed by atoms with Crippen molar-refractivity contribution < 1.29 is 4.42 Å². The van der Waals surface area contributed by atoms with Gasteiger partial charge in [0, 0.05) is 24.7 Å². The SMILES string of the molecule is CCNCc1cnc(N(C)Cc2ccc(C)o2)s1. The lowest BCUT2D eigenvalue weighted by molar-refractivity contribution is 0.481. The Morgan fingerprint density at radius 1 is 1.44 bits per heavy atom. The van der Waals surface area contributed by atoms with E-state index in [4.69, 9.17) is 4.42 Å². The number of hydrogen-bond acceptors (Lipinski definition) is 5. The van der Waals surface area contributed by atoms with E-state index >= 15 is 0 Å². The molecule has 0 aliphatic heterocycles. The first-order valence-corrected chi connectivity index (χ1v) is 6.92. The average molecular weight is 265 g/mol. The Labute approximate surface area is 112 Å². The number of nitrogens with one attached hydrogen (secondary N) is 1. The highest BCUT2D eigenvalue weighted by molar-refractivity contribution is 7.15. The maximum Gasteiger partial charge on any atom is 0.185 e. The molecule has 4 nitrogen and oxygen atoms in total. The topological polar surface area (TPSA) is 41.3 Å². The summed E-state index contributed by atoms with van der Waals surface area (Å²) in [5.74, 6) is 1.92. The fourth-order valence-electron chi connectivity index (χ4n) is 1.68. The van der Waals surface area contributed by atoms with Crippen LogP contribution in [-0.4, -0.2) is 18.6 Å². The molecule has 2 heterocycles. The molecule has 2 aromatic rings. The molecular weight excluding hydrogens is 246 g/mol. The van der Waals surface area contributed by atoms with Gasteiger partial charge in [0.25, 0.3) is 0 Å². The lowest BCUT2D eigenvalue weighted by Crippen LogP contribution is -2.15. The third kappa shape index (κ3) is 3.34. The van der Waals surface area contributed by atoms with Crippen molar-refractivity contribution in [2.75, 3.05) is 18.5 Å². The van der Waals surface area contributed by atoms with E-state index < -0.39 is 0 Å². The van der Waals surface area contributed by atoms with E-state index in [1.807, 2.05) is 32.3 Å². The zero-order chi connectivity index (χ0) is 13.0. The highest BCUT2D eigenvalue weighted by Crippen LogP contribution is 2.23. The van der Waals surface area contributed by atoms with Crippen LogP contribution >= 0.6 is 11.3 Å². The van der Waals surface area contributed by atoms with Crippen LogP contribution in [0.1, 0.15) is 23.3 Å². The van der Waals surface area contributed by atoms with Crippen LogP contribution in [0.3, 0.4) is 0 Å². The van der Waals surface area contributed by atoms with Crippen molar-refractivity contribution in [3.05, 3.63) is 34.7 Å². The average Bonchev–Trinajstić information content (AvgIpc) is 2.96. The lowest BCUT2D eigenvalue weighted by atomic mass is 10.4. The zero-order valence-electron chi connectivity index (χ0n) is 11.1. The molecule has 0 radical (unpaired) electrons.